The Morgan fingerprint density at radius 1 is 1.15 bits per heavy atom. The Morgan fingerprint density at radius 3 is 2.31 bits per heavy atom. The molecule has 0 bridgehead atoms. The predicted molar refractivity (Wildman–Crippen MR) is 87.8 cm³/mol. The van der Waals surface area contributed by atoms with Crippen molar-refractivity contribution in [3.05, 3.63) is 35.4 Å². The lowest BCUT2D eigenvalue weighted by Crippen LogP contribution is -2.51. The maximum atomic E-state index is 13.3. The van der Waals surface area contributed by atoms with Gasteiger partial charge in [0, 0.05) is 12.5 Å². The molecule has 0 saturated carbocycles. The van der Waals surface area contributed by atoms with Crippen molar-refractivity contribution >= 4 is 12.1 Å². The topological polar surface area (TPSA) is 66.8 Å². The number of amides is 1. The lowest BCUT2D eigenvalue weighted by molar-refractivity contribution is -0.145. The number of carboxylic acid groups (broad SMARTS) is 1. The van der Waals surface area contributed by atoms with Crippen molar-refractivity contribution in [2.24, 2.45) is 0 Å². The Balaban J connectivity index is 2.32. The average Bonchev–Trinajstić information content (AvgIpc) is 2.51. The van der Waals surface area contributed by atoms with Crippen LogP contribution in [-0.4, -0.2) is 40.3 Å². The Bertz CT molecular complexity index is 682. The van der Waals surface area contributed by atoms with Crippen LogP contribution in [0.1, 0.15) is 50.7 Å². The Morgan fingerprint density at radius 2 is 1.77 bits per heavy atom. The number of carboxylic acids is 1. The van der Waals surface area contributed by atoms with E-state index in [9.17, 15) is 27.9 Å². The molecule has 1 aliphatic heterocycles. The molecule has 1 saturated heterocycles. The largest absolute Gasteiger partial charge is 0.480 e. The summed E-state index contributed by atoms with van der Waals surface area (Å²) in [5.41, 5.74) is -1.53. The number of carbonyl (C=O) groups is 2. The van der Waals surface area contributed by atoms with Gasteiger partial charge in [0.05, 0.1) is 5.56 Å². The summed E-state index contributed by atoms with van der Waals surface area (Å²) >= 11 is 0. The van der Waals surface area contributed by atoms with Crippen molar-refractivity contribution in [2.75, 3.05) is 6.54 Å². The summed E-state index contributed by atoms with van der Waals surface area (Å²) in [5.74, 6) is -1.81. The van der Waals surface area contributed by atoms with Crippen molar-refractivity contribution in [2.45, 2.75) is 57.3 Å². The van der Waals surface area contributed by atoms with E-state index in [2.05, 4.69) is 0 Å². The SMILES string of the molecule is CC(C)(C)OC(=O)N1CC(c2ccccc2C(F)(F)F)CCC1C(=O)O. The first-order valence-corrected chi connectivity index (χ1v) is 8.28. The molecule has 0 aromatic heterocycles. The second-order valence-electron chi connectivity index (χ2n) is 7.35. The third kappa shape index (κ3) is 4.68. The lowest BCUT2D eigenvalue weighted by Gasteiger charge is -2.38. The molecule has 2 rings (SSSR count). The molecule has 1 amide bonds. The first-order valence-electron chi connectivity index (χ1n) is 8.28. The standard InChI is InChI=1S/C18H22F3NO4/c1-17(2,3)26-16(25)22-10-11(8-9-14(22)15(23)24)12-6-4-5-7-13(12)18(19,20)21/h4-7,11,14H,8-10H2,1-3H3,(H,23,24). The van der Waals surface area contributed by atoms with E-state index in [0.717, 1.165) is 11.0 Å². The first-order chi connectivity index (χ1) is 11.9. The van der Waals surface area contributed by atoms with Crippen LogP contribution in [0.25, 0.3) is 0 Å². The number of aliphatic carboxylic acids is 1. The molecule has 1 heterocycles. The zero-order chi connectivity index (χ0) is 19.7. The van der Waals surface area contributed by atoms with Gasteiger partial charge < -0.3 is 9.84 Å². The van der Waals surface area contributed by atoms with Gasteiger partial charge in [0.2, 0.25) is 0 Å². The number of hydrogen-bond donors (Lipinski definition) is 1. The van der Waals surface area contributed by atoms with Crippen LogP contribution in [0.2, 0.25) is 0 Å². The van der Waals surface area contributed by atoms with Gasteiger partial charge in [-0.25, -0.2) is 9.59 Å². The van der Waals surface area contributed by atoms with Gasteiger partial charge in [0.1, 0.15) is 11.6 Å². The molecule has 2 unspecified atom stereocenters. The van der Waals surface area contributed by atoms with E-state index >= 15 is 0 Å². The van der Waals surface area contributed by atoms with Crippen molar-refractivity contribution in [3.63, 3.8) is 0 Å². The molecule has 8 heteroatoms. The zero-order valence-electron chi connectivity index (χ0n) is 14.8. The number of alkyl halides is 3. The van der Waals surface area contributed by atoms with Crippen LogP contribution in [-0.2, 0) is 15.7 Å². The molecule has 1 aromatic rings. The minimum Gasteiger partial charge on any atom is -0.480 e. The lowest BCUT2D eigenvalue weighted by atomic mass is 9.85. The summed E-state index contributed by atoms with van der Waals surface area (Å²) in [6, 6.07) is 4.07. The van der Waals surface area contributed by atoms with E-state index in [-0.39, 0.29) is 24.9 Å². The number of benzene rings is 1. The number of likely N-dealkylation sites (tertiary alicyclic amines) is 1. The summed E-state index contributed by atoms with van der Waals surface area (Å²) < 4.78 is 45.1. The third-order valence-corrected chi connectivity index (χ3v) is 4.20. The summed E-state index contributed by atoms with van der Waals surface area (Å²) in [5, 5.41) is 9.37. The molecule has 0 aliphatic carbocycles. The molecule has 5 nitrogen and oxygen atoms in total. The highest BCUT2D eigenvalue weighted by Gasteiger charge is 2.41. The molecule has 0 radical (unpaired) electrons. The van der Waals surface area contributed by atoms with E-state index in [1.165, 1.54) is 18.2 Å². The number of ether oxygens (including phenoxy) is 1. The number of hydrogen-bond acceptors (Lipinski definition) is 3. The van der Waals surface area contributed by atoms with Crippen LogP contribution in [0.15, 0.2) is 24.3 Å². The molecule has 26 heavy (non-hydrogen) atoms. The predicted octanol–water partition coefficient (Wildman–Crippen LogP) is 4.27. The number of nitrogens with zero attached hydrogens (tertiary/aromatic N) is 1. The number of halogens is 3. The van der Waals surface area contributed by atoms with Crippen molar-refractivity contribution in [3.8, 4) is 0 Å². The molecule has 1 aliphatic rings. The fourth-order valence-corrected chi connectivity index (χ4v) is 3.11. The summed E-state index contributed by atoms with van der Waals surface area (Å²) in [7, 11) is 0. The van der Waals surface area contributed by atoms with E-state index in [1.54, 1.807) is 20.8 Å². The molecular formula is C18H22F3NO4. The van der Waals surface area contributed by atoms with E-state index in [1.807, 2.05) is 0 Å². The molecule has 1 fully saturated rings. The maximum absolute atomic E-state index is 13.3. The summed E-state index contributed by atoms with van der Waals surface area (Å²) in [6.07, 6.45) is -5.05. The van der Waals surface area contributed by atoms with Gasteiger partial charge in [0.15, 0.2) is 0 Å². The highest BCUT2D eigenvalue weighted by molar-refractivity contribution is 5.80. The summed E-state index contributed by atoms with van der Waals surface area (Å²) in [6.45, 7) is 4.78. The van der Waals surface area contributed by atoms with Gasteiger partial charge in [-0.15, -0.1) is 0 Å². The Labute approximate surface area is 149 Å². The first kappa shape index (κ1) is 20.1. The molecule has 2 atom stereocenters. The summed E-state index contributed by atoms with van der Waals surface area (Å²) in [4.78, 5) is 24.9. The Kier molecular flexibility index (Phi) is 5.53. The van der Waals surface area contributed by atoms with E-state index in [0.29, 0.717) is 0 Å². The number of carbonyl (C=O) groups excluding carboxylic acids is 1. The quantitative estimate of drug-likeness (QED) is 0.841. The fraction of sp³-hybridized carbons (Fsp3) is 0.556. The van der Waals surface area contributed by atoms with Crippen molar-refractivity contribution in [1.29, 1.82) is 0 Å². The van der Waals surface area contributed by atoms with Gasteiger partial charge in [-0.3, -0.25) is 4.90 Å². The van der Waals surface area contributed by atoms with Gasteiger partial charge in [-0.2, -0.15) is 13.2 Å². The minimum atomic E-state index is -4.52. The molecule has 144 valence electrons. The third-order valence-electron chi connectivity index (χ3n) is 4.20. The molecule has 1 N–H and O–H groups in total. The van der Waals surface area contributed by atoms with Crippen molar-refractivity contribution in [1.82, 2.24) is 4.90 Å². The van der Waals surface area contributed by atoms with Crippen LogP contribution in [0.5, 0.6) is 0 Å². The van der Waals surface area contributed by atoms with Crippen LogP contribution < -0.4 is 0 Å². The smallest absolute Gasteiger partial charge is 0.416 e. The second-order valence-corrected chi connectivity index (χ2v) is 7.35. The fourth-order valence-electron chi connectivity index (χ4n) is 3.11. The van der Waals surface area contributed by atoms with E-state index in [4.69, 9.17) is 4.74 Å². The van der Waals surface area contributed by atoms with Crippen LogP contribution in [0.3, 0.4) is 0 Å². The van der Waals surface area contributed by atoms with Gasteiger partial charge >= 0.3 is 18.2 Å². The monoisotopic (exact) mass is 373 g/mol. The molecule has 1 aromatic carbocycles. The maximum Gasteiger partial charge on any atom is 0.416 e. The molecule has 0 spiro atoms. The second kappa shape index (κ2) is 7.17. The van der Waals surface area contributed by atoms with Crippen molar-refractivity contribution < 1.29 is 32.6 Å². The highest BCUT2D eigenvalue weighted by atomic mass is 19.4. The minimum absolute atomic E-state index is 0.0609. The van der Waals surface area contributed by atoms with Crippen LogP contribution in [0, 0.1) is 0 Å². The Hall–Kier alpha value is -2.25. The molecular weight excluding hydrogens is 351 g/mol. The average molecular weight is 373 g/mol. The van der Waals surface area contributed by atoms with Gasteiger partial charge in [-0.1, -0.05) is 18.2 Å². The highest BCUT2D eigenvalue weighted by Crippen LogP contribution is 2.39. The normalized spacial score (nSPS) is 21.4. The zero-order valence-corrected chi connectivity index (χ0v) is 14.8. The van der Waals surface area contributed by atoms with Gasteiger partial charge in [0.25, 0.3) is 0 Å². The van der Waals surface area contributed by atoms with Crippen LogP contribution >= 0.6 is 0 Å². The van der Waals surface area contributed by atoms with Gasteiger partial charge in [-0.05, 0) is 45.2 Å². The van der Waals surface area contributed by atoms with Crippen LogP contribution in [0.4, 0.5) is 18.0 Å². The number of piperidine rings is 1. The van der Waals surface area contributed by atoms with E-state index < -0.39 is 41.4 Å². The number of rotatable bonds is 2.